The maximum absolute atomic E-state index is 14.1. The average Bonchev–Trinajstić information content (AvgIpc) is 2.65. The van der Waals surface area contributed by atoms with Crippen LogP contribution < -0.4 is 10.0 Å². The number of hydrogen-bond acceptors (Lipinski definition) is 3. The molecule has 0 bridgehead atoms. The Labute approximate surface area is 129 Å². The summed E-state index contributed by atoms with van der Waals surface area (Å²) in [6.07, 6.45) is 0.0174. The van der Waals surface area contributed by atoms with Crippen LogP contribution in [0.15, 0.2) is 16.6 Å². The predicted molar refractivity (Wildman–Crippen MR) is 77.5 cm³/mol. The van der Waals surface area contributed by atoms with Crippen molar-refractivity contribution in [2.24, 2.45) is 11.1 Å². The van der Waals surface area contributed by atoms with Crippen molar-refractivity contribution in [3.8, 4) is 0 Å². The van der Waals surface area contributed by atoms with E-state index in [0.717, 1.165) is 0 Å². The van der Waals surface area contributed by atoms with E-state index in [2.05, 4.69) is 15.9 Å². The van der Waals surface area contributed by atoms with Gasteiger partial charge >= 0.3 is 0 Å². The molecule has 0 radical (unpaired) electrons. The molecule has 1 heterocycles. The van der Waals surface area contributed by atoms with Gasteiger partial charge in [0, 0.05) is 23.4 Å². The van der Waals surface area contributed by atoms with Crippen LogP contribution in [0.25, 0.3) is 0 Å². The Bertz CT molecular complexity index is 668. The number of amides is 1. The number of primary sulfonamides is 1. The quantitative estimate of drug-likeness (QED) is 0.807. The summed E-state index contributed by atoms with van der Waals surface area (Å²) in [5.41, 5.74) is 0.0418. The maximum Gasteiger partial charge on any atom is 0.227 e. The van der Waals surface area contributed by atoms with Crippen molar-refractivity contribution < 1.29 is 17.6 Å². The first-order valence-corrected chi connectivity index (χ1v) is 8.52. The Hall–Kier alpha value is -0.700. The second-order valence-electron chi connectivity index (χ2n) is 4.60. The fraction of sp³-hybridized carbons (Fsp3) is 0.364. The van der Waals surface area contributed by atoms with Crippen LogP contribution in [0.5, 0.6) is 0 Å². The number of nitrogens with two attached hydrogens (primary N) is 1. The number of rotatable bonds is 3. The standard InChI is InChI=1S/C11H11BrClFN2O3S/c12-7-1-2-8(11(14)10(7)13)16-4-6(3-9(16)17)5-20(15,18)19/h1-2,6H,3-5H2,(H2,15,18,19). The Kier molecular flexibility index (Phi) is 4.38. The predicted octanol–water partition coefficient (Wildman–Crippen LogP) is 1.88. The van der Waals surface area contributed by atoms with Crippen molar-refractivity contribution in [1.29, 1.82) is 0 Å². The van der Waals surface area contributed by atoms with Gasteiger partial charge in [-0.2, -0.15) is 0 Å². The van der Waals surface area contributed by atoms with Crippen LogP contribution in [0.3, 0.4) is 0 Å². The minimum Gasteiger partial charge on any atom is -0.309 e. The summed E-state index contributed by atoms with van der Waals surface area (Å²) in [5.74, 6) is -1.82. The third-order valence-corrected chi connectivity index (χ3v) is 5.17. The van der Waals surface area contributed by atoms with Gasteiger partial charge in [0.25, 0.3) is 0 Å². The SMILES string of the molecule is NS(=O)(=O)CC1CC(=O)N(c2ccc(Br)c(Cl)c2F)C1. The first kappa shape index (κ1) is 15.7. The van der Waals surface area contributed by atoms with Crippen LogP contribution in [0.4, 0.5) is 10.1 Å². The highest BCUT2D eigenvalue weighted by Gasteiger charge is 2.34. The van der Waals surface area contributed by atoms with Crippen molar-refractivity contribution in [3.63, 3.8) is 0 Å². The third kappa shape index (κ3) is 3.30. The Morgan fingerprint density at radius 2 is 2.15 bits per heavy atom. The minimum atomic E-state index is -3.67. The molecule has 9 heteroatoms. The smallest absolute Gasteiger partial charge is 0.227 e. The van der Waals surface area contributed by atoms with Crippen molar-refractivity contribution in [3.05, 3.63) is 27.4 Å². The lowest BCUT2D eigenvalue weighted by Gasteiger charge is -2.18. The van der Waals surface area contributed by atoms with Crippen LogP contribution in [-0.4, -0.2) is 26.6 Å². The van der Waals surface area contributed by atoms with Crippen molar-refractivity contribution in [2.75, 3.05) is 17.2 Å². The summed E-state index contributed by atoms with van der Waals surface area (Å²) >= 11 is 8.86. The van der Waals surface area contributed by atoms with Gasteiger partial charge in [-0.25, -0.2) is 17.9 Å². The summed E-state index contributed by atoms with van der Waals surface area (Å²) in [6.45, 7) is 0.101. The fourth-order valence-electron chi connectivity index (χ4n) is 2.18. The van der Waals surface area contributed by atoms with Crippen molar-refractivity contribution in [2.45, 2.75) is 6.42 Å². The van der Waals surface area contributed by atoms with E-state index in [1.54, 1.807) is 0 Å². The fourth-order valence-corrected chi connectivity index (χ4v) is 3.53. The molecular formula is C11H11BrClFN2O3S. The molecule has 0 aliphatic carbocycles. The van der Waals surface area contributed by atoms with E-state index in [1.807, 2.05) is 0 Å². The zero-order valence-electron chi connectivity index (χ0n) is 10.1. The van der Waals surface area contributed by atoms with Crippen molar-refractivity contribution >= 4 is 49.1 Å². The van der Waals surface area contributed by atoms with Crippen LogP contribution in [0.2, 0.25) is 5.02 Å². The molecule has 1 aliphatic heterocycles. The van der Waals surface area contributed by atoms with E-state index in [9.17, 15) is 17.6 Å². The van der Waals surface area contributed by atoms with Gasteiger partial charge in [0.15, 0.2) is 5.82 Å². The summed E-state index contributed by atoms with van der Waals surface area (Å²) in [6, 6.07) is 2.95. The highest BCUT2D eigenvalue weighted by molar-refractivity contribution is 9.10. The molecule has 5 nitrogen and oxygen atoms in total. The van der Waals surface area contributed by atoms with Crippen LogP contribution in [0.1, 0.15) is 6.42 Å². The number of anilines is 1. The van der Waals surface area contributed by atoms with Gasteiger partial charge in [-0.15, -0.1) is 0 Å². The summed E-state index contributed by atoms with van der Waals surface area (Å²) in [7, 11) is -3.67. The zero-order chi connectivity index (χ0) is 15.1. The number of carbonyl (C=O) groups excluding carboxylic acids is 1. The lowest BCUT2D eigenvalue weighted by atomic mass is 10.1. The Morgan fingerprint density at radius 3 is 2.75 bits per heavy atom. The molecule has 110 valence electrons. The molecule has 1 atom stereocenters. The molecule has 0 spiro atoms. The number of hydrogen-bond donors (Lipinski definition) is 1. The number of sulfonamides is 1. The summed E-state index contributed by atoms with van der Waals surface area (Å²) in [4.78, 5) is 13.1. The Morgan fingerprint density at radius 1 is 1.50 bits per heavy atom. The highest BCUT2D eigenvalue weighted by atomic mass is 79.9. The van der Waals surface area contributed by atoms with Crippen LogP contribution in [-0.2, 0) is 14.8 Å². The average molecular weight is 386 g/mol. The van der Waals surface area contributed by atoms with Gasteiger partial charge in [0.2, 0.25) is 15.9 Å². The minimum absolute atomic E-state index is 0.0174. The molecule has 1 saturated heterocycles. The van der Waals surface area contributed by atoms with E-state index in [-0.39, 0.29) is 35.3 Å². The zero-order valence-corrected chi connectivity index (χ0v) is 13.3. The highest BCUT2D eigenvalue weighted by Crippen LogP contribution is 2.35. The van der Waals surface area contributed by atoms with E-state index < -0.39 is 21.8 Å². The van der Waals surface area contributed by atoms with Crippen LogP contribution >= 0.6 is 27.5 Å². The van der Waals surface area contributed by atoms with Gasteiger partial charge in [0.05, 0.1) is 16.5 Å². The van der Waals surface area contributed by atoms with E-state index in [1.165, 1.54) is 17.0 Å². The molecule has 1 aliphatic rings. The van der Waals surface area contributed by atoms with Gasteiger partial charge in [0.1, 0.15) is 0 Å². The topological polar surface area (TPSA) is 80.5 Å². The van der Waals surface area contributed by atoms with Gasteiger partial charge < -0.3 is 4.90 Å². The first-order valence-electron chi connectivity index (χ1n) is 5.63. The number of carbonyl (C=O) groups is 1. The summed E-state index contributed by atoms with van der Waals surface area (Å²) in [5, 5.41) is 4.84. The molecular weight excluding hydrogens is 375 g/mol. The Balaban J connectivity index is 2.27. The van der Waals surface area contributed by atoms with E-state index in [0.29, 0.717) is 4.47 Å². The number of halogens is 3. The molecule has 2 N–H and O–H groups in total. The lowest BCUT2D eigenvalue weighted by Crippen LogP contribution is -2.28. The summed E-state index contributed by atoms with van der Waals surface area (Å²) < 4.78 is 36.5. The molecule has 20 heavy (non-hydrogen) atoms. The molecule has 0 saturated carbocycles. The van der Waals surface area contributed by atoms with Gasteiger partial charge in [-0.1, -0.05) is 11.6 Å². The molecule has 2 rings (SSSR count). The van der Waals surface area contributed by atoms with E-state index >= 15 is 0 Å². The molecule has 1 unspecified atom stereocenters. The largest absolute Gasteiger partial charge is 0.309 e. The molecule has 1 amide bonds. The monoisotopic (exact) mass is 384 g/mol. The first-order chi connectivity index (χ1) is 9.19. The molecule has 1 fully saturated rings. The number of nitrogens with zero attached hydrogens (tertiary/aromatic N) is 1. The maximum atomic E-state index is 14.1. The molecule has 0 aromatic heterocycles. The molecule has 1 aromatic rings. The van der Waals surface area contributed by atoms with Crippen molar-refractivity contribution in [1.82, 2.24) is 0 Å². The van der Waals surface area contributed by atoms with E-state index in [4.69, 9.17) is 16.7 Å². The van der Waals surface area contributed by atoms with Gasteiger partial charge in [-0.3, -0.25) is 4.79 Å². The normalized spacial score (nSPS) is 19.7. The second-order valence-corrected chi connectivity index (χ2v) is 7.49. The van der Waals surface area contributed by atoms with Gasteiger partial charge in [-0.05, 0) is 28.1 Å². The second kappa shape index (κ2) is 5.59. The third-order valence-electron chi connectivity index (χ3n) is 2.98. The lowest BCUT2D eigenvalue weighted by molar-refractivity contribution is -0.117. The number of benzene rings is 1. The molecule has 1 aromatic carbocycles. The van der Waals surface area contributed by atoms with Crippen LogP contribution in [0, 0.1) is 11.7 Å².